The van der Waals surface area contributed by atoms with Crippen LogP contribution in [-0.4, -0.2) is 11.2 Å². The van der Waals surface area contributed by atoms with E-state index in [0.29, 0.717) is 17.0 Å². The van der Waals surface area contributed by atoms with Gasteiger partial charge in [0, 0.05) is 5.02 Å². The van der Waals surface area contributed by atoms with E-state index in [-0.39, 0.29) is 0 Å². The van der Waals surface area contributed by atoms with E-state index >= 15 is 0 Å². The SMILES string of the molecule is CCC(O)C(C#N)c1ccccc1Cl. The maximum Gasteiger partial charge on any atom is 0.0985 e. The lowest BCUT2D eigenvalue weighted by Gasteiger charge is -2.15. The van der Waals surface area contributed by atoms with Crippen molar-refractivity contribution in [3.05, 3.63) is 34.9 Å². The summed E-state index contributed by atoms with van der Waals surface area (Å²) < 4.78 is 0. The number of nitrogens with zero attached hydrogens (tertiary/aromatic N) is 1. The van der Waals surface area contributed by atoms with Gasteiger partial charge in [-0.3, -0.25) is 0 Å². The van der Waals surface area contributed by atoms with Crippen molar-refractivity contribution in [3.8, 4) is 6.07 Å². The van der Waals surface area contributed by atoms with Gasteiger partial charge in [0.15, 0.2) is 0 Å². The summed E-state index contributed by atoms with van der Waals surface area (Å²) in [4.78, 5) is 0. The van der Waals surface area contributed by atoms with Crippen LogP contribution in [0.2, 0.25) is 5.02 Å². The predicted molar refractivity (Wildman–Crippen MR) is 56.1 cm³/mol. The van der Waals surface area contributed by atoms with Crippen LogP contribution in [-0.2, 0) is 0 Å². The molecule has 2 atom stereocenters. The Morgan fingerprint density at radius 2 is 2.14 bits per heavy atom. The van der Waals surface area contributed by atoms with E-state index < -0.39 is 12.0 Å². The van der Waals surface area contributed by atoms with Crippen molar-refractivity contribution in [2.24, 2.45) is 0 Å². The Hall–Kier alpha value is -1.04. The minimum absolute atomic E-state index is 0.534. The fraction of sp³-hybridized carbons (Fsp3) is 0.364. The van der Waals surface area contributed by atoms with E-state index in [1.165, 1.54) is 0 Å². The molecule has 1 N–H and O–H groups in total. The minimum Gasteiger partial charge on any atom is -0.391 e. The summed E-state index contributed by atoms with van der Waals surface area (Å²) in [6.45, 7) is 1.84. The highest BCUT2D eigenvalue weighted by atomic mass is 35.5. The van der Waals surface area contributed by atoms with Crippen molar-refractivity contribution < 1.29 is 5.11 Å². The Bertz CT molecular complexity index is 345. The molecular formula is C11H12ClNO. The number of nitriles is 1. The predicted octanol–water partition coefficient (Wildman–Crippen LogP) is 2.72. The number of hydrogen-bond donors (Lipinski definition) is 1. The van der Waals surface area contributed by atoms with Crippen molar-refractivity contribution >= 4 is 11.6 Å². The third-order valence-electron chi connectivity index (χ3n) is 2.18. The van der Waals surface area contributed by atoms with E-state index in [4.69, 9.17) is 16.9 Å². The molecular weight excluding hydrogens is 198 g/mol. The fourth-order valence-electron chi connectivity index (χ4n) is 1.33. The molecule has 0 amide bonds. The zero-order valence-corrected chi connectivity index (χ0v) is 8.70. The number of hydrogen-bond acceptors (Lipinski definition) is 2. The third-order valence-corrected chi connectivity index (χ3v) is 2.53. The Balaban J connectivity index is 3.02. The lowest BCUT2D eigenvalue weighted by atomic mass is 9.93. The van der Waals surface area contributed by atoms with Gasteiger partial charge in [-0.1, -0.05) is 36.7 Å². The molecule has 1 aromatic carbocycles. The summed E-state index contributed by atoms with van der Waals surface area (Å²) in [5, 5.41) is 19.1. The molecule has 1 rings (SSSR count). The Morgan fingerprint density at radius 1 is 1.50 bits per heavy atom. The van der Waals surface area contributed by atoms with E-state index in [1.54, 1.807) is 18.2 Å². The van der Waals surface area contributed by atoms with Gasteiger partial charge in [-0.15, -0.1) is 0 Å². The molecule has 14 heavy (non-hydrogen) atoms. The maximum absolute atomic E-state index is 9.61. The van der Waals surface area contributed by atoms with Gasteiger partial charge in [0.25, 0.3) is 0 Å². The van der Waals surface area contributed by atoms with Crippen LogP contribution < -0.4 is 0 Å². The van der Waals surface area contributed by atoms with Crippen molar-refractivity contribution in [2.45, 2.75) is 25.4 Å². The van der Waals surface area contributed by atoms with Gasteiger partial charge in [0.1, 0.15) is 0 Å². The fourth-order valence-corrected chi connectivity index (χ4v) is 1.58. The zero-order valence-electron chi connectivity index (χ0n) is 7.94. The molecule has 0 aliphatic rings. The van der Waals surface area contributed by atoms with E-state index in [1.807, 2.05) is 13.0 Å². The number of benzene rings is 1. The molecule has 0 aromatic heterocycles. The van der Waals surface area contributed by atoms with Gasteiger partial charge in [0.2, 0.25) is 0 Å². The normalized spacial score (nSPS) is 14.4. The van der Waals surface area contributed by atoms with Crippen LogP contribution in [0.1, 0.15) is 24.8 Å². The first-order valence-corrected chi connectivity index (χ1v) is 4.90. The van der Waals surface area contributed by atoms with Crippen LogP contribution in [0.15, 0.2) is 24.3 Å². The molecule has 0 heterocycles. The molecule has 2 nitrogen and oxygen atoms in total. The Morgan fingerprint density at radius 3 is 2.64 bits per heavy atom. The second-order valence-electron chi connectivity index (χ2n) is 3.10. The maximum atomic E-state index is 9.61. The molecule has 0 saturated carbocycles. The molecule has 0 saturated heterocycles. The average Bonchev–Trinajstić information content (AvgIpc) is 2.21. The van der Waals surface area contributed by atoms with Crippen molar-refractivity contribution in [2.75, 3.05) is 0 Å². The highest BCUT2D eigenvalue weighted by Crippen LogP contribution is 2.27. The summed E-state index contributed by atoms with van der Waals surface area (Å²) >= 11 is 5.94. The van der Waals surface area contributed by atoms with E-state index in [0.717, 1.165) is 0 Å². The first-order chi connectivity index (χ1) is 6.70. The zero-order chi connectivity index (χ0) is 10.6. The van der Waals surface area contributed by atoms with Crippen molar-refractivity contribution in [3.63, 3.8) is 0 Å². The van der Waals surface area contributed by atoms with Gasteiger partial charge in [-0.05, 0) is 18.1 Å². The van der Waals surface area contributed by atoms with E-state index in [2.05, 4.69) is 6.07 Å². The quantitative estimate of drug-likeness (QED) is 0.832. The third kappa shape index (κ3) is 2.25. The van der Waals surface area contributed by atoms with Crippen LogP contribution in [0, 0.1) is 11.3 Å². The first-order valence-electron chi connectivity index (χ1n) is 4.52. The summed E-state index contributed by atoms with van der Waals surface area (Å²) in [7, 11) is 0. The summed E-state index contributed by atoms with van der Waals surface area (Å²) in [6, 6.07) is 9.19. The molecule has 0 bridgehead atoms. The second-order valence-corrected chi connectivity index (χ2v) is 3.51. The summed E-state index contributed by atoms with van der Waals surface area (Å²) in [6.07, 6.45) is -0.108. The second kappa shape index (κ2) is 4.99. The van der Waals surface area contributed by atoms with Crippen molar-refractivity contribution in [1.29, 1.82) is 5.26 Å². The number of aliphatic hydroxyl groups excluding tert-OH is 1. The Labute approximate surface area is 88.7 Å². The molecule has 2 unspecified atom stereocenters. The lowest BCUT2D eigenvalue weighted by Crippen LogP contribution is -2.16. The Kier molecular flexibility index (Phi) is 3.94. The molecule has 0 fully saturated rings. The highest BCUT2D eigenvalue weighted by molar-refractivity contribution is 6.31. The van der Waals surface area contributed by atoms with Crippen LogP contribution in [0.4, 0.5) is 0 Å². The topological polar surface area (TPSA) is 44.0 Å². The molecule has 0 aliphatic heterocycles. The standard InChI is InChI=1S/C11H12ClNO/c1-2-11(14)9(7-13)8-5-3-4-6-10(8)12/h3-6,9,11,14H,2H2,1H3. The molecule has 0 radical (unpaired) electrons. The van der Waals surface area contributed by atoms with Crippen LogP contribution in [0.5, 0.6) is 0 Å². The lowest BCUT2D eigenvalue weighted by molar-refractivity contribution is 0.157. The average molecular weight is 210 g/mol. The molecule has 3 heteroatoms. The number of aliphatic hydroxyl groups is 1. The summed E-state index contributed by atoms with van der Waals surface area (Å²) in [5.74, 6) is -0.534. The smallest absolute Gasteiger partial charge is 0.0985 e. The first kappa shape index (κ1) is 11.0. The van der Waals surface area contributed by atoms with Crippen LogP contribution in [0.3, 0.4) is 0 Å². The van der Waals surface area contributed by atoms with Gasteiger partial charge in [0.05, 0.1) is 18.1 Å². The van der Waals surface area contributed by atoms with Gasteiger partial charge >= 0.3 is 0 Å². The van der Waals surface area contributed by atoms with Crippen LogP contribution >= 0.6 is 11.6 Å². The minimum atomic E-state index is -0.653. The molecule has 0 aliphatic carbocycles. The van der Waals surface area contributed by atoms with Gasteiger partial charge in [-0.2, -0.15) is 5.26 Å². The number of rotatable bonds is 3. The monoisotopic (exact) mass is 209 g/mol. The summed E-state index contributed by atoms with van der Waals surface area (Å²) in [5.41, 5.74) is 0.700. The van der Waals surface area contributed by atoms with Gasteiger partial charge < -0.3 is 5.11 Å². The molecule has 1 aromatic rings. The van der Waals surface area contributed by atoms with E-state index in [9.17, 15) is 5.11 Å². The van der Waals surface area contributed by atoms with Gasteiger partial charge in [-0.25, -0.2) is 0 Å². The number of halogens is 1. The molecule has 74 valence electrons. The largest absolute Gasteiger partial charge is 0.391 e. The van der Waals surface area contributed by atoms with Crippen LogP contribution in [0.25, 0.3) is 0 Å². The highest BCUT2D eigenvalue weighted by Gasteiger charge is 2.20. The van der Waals surface area contributed by atoms with Crippen molar-refractivity contribution in [1.82, 2.24) is 0 Å². The molecule has 0 spiro atoms.